The minimum atomic E-state index is -0.427. The highest BCUT2D eigenvalue weighted by Gasteiger charge is 2.33. The second kappa shape index (κ2) is 12.0. The molecule has 38 heavy (non-hydrogen) atoms. The highest BCUT2D eigenvalue weighted by atomic mass is 35.5. The Kier molecular flexibility index (Phi) is 8.28. The van der Waals surface area contributed by atoms with E-state index in [1.54, 1.807) is 6.21 Å². The Morgan fingerprint density at radius 2 is 1.74 bits per heavy atom. The van der Waals surface area contributed by atoms with E-state index in [0.29, 0.717) is 23.9 Å². The van der Waals surface area contributed by atoms with Gasteiger partial charge in [-0.05, 0) is 72.6 Å². The maximum Gasteiger partial charge on any atom is 0.271 e. The summed E-state index contributed by atoms with van der Waals surface area (Å²) in [5.74, 6) is 0.369. The fraction of sp³-hybridized carbons (Fsp3) is 0.387. The van der Waals surface area contributed by atoms with Crippen molar-refractivity contribution in [1.29, 1.82) is 0 Å². The van der Waals surface area contributed by atoms with Gasteiger partial charge in [-0.2, -0.15) is 5.10 Å². The molecule has 1 aliphatic carbocycles. The standard InChI is InChI=1S/C31H34ClN3O3/c32-27-18-23(15-16-29(27)36)31(38)34-33-20-24-14-13-22(25-10-4-5-11-26(24)25)19-30(37)35-17-7-6-12-28(35)21-8-2-1-3-9-21/h4-5,10-11,13-16,18,20-21,28,36H,1-3,6-9,12,17,19H2,(H,34,38)/b33-20+. The fourth-order valence-corrected chi connectivity index (χ4v) is 6.25. The van der Waals surface area contributed by atoms with Gasteiger partial charge in [0.15, 0.2) is 0 Å². The van der Waals surface area contributed by atoms with Gasteiger partial charge in [-0.3, -0.25) is 9.59 Å². The highest BCUT2D eigenvalue weighted by molar-refractivity contribution is 6.32. The van der Waals surface area contributed by atoms with Crippen LogP contribution >= 0.6 is 11.6 Å². The van der Waals surface area contributed by atoms with Crippen molar-refractivity contribution < 1.29 is 14.7 Å². The van der Waals surface area contributed by atoms with Crippen molar-refractivity contribution in [2.45, 2.75) is 63.8 Å². The van der Waals surface area contributed by atoms with Gasteiger partial charge in [0.1, 0.15) is 5.75 Å². The number of hydrogen-bond donors (Lipinski definition) is 2. The Labute approximate surface area is 228 Å². The normalized spacial score (nSPS) is 18.7. The van der Waals surface area contributed by atoms with Crippen molar-refractivity contribution in [3.63, 3.8) is 0 Å². The lowest BCUT2D eigenvalue weighted by Gasteiger charge is -2.42. The number of nitrogens with zero attached hydrogens (tertiary/aromatic N) is 2. The van der Waals surface area contributed by atoms with E-state index in [1.807, 2.05) is 36.4 Å². The Morgan fingerprint density at radius 1 is 0.974 bits per heavy atom. The number of likely N-dealkylation sites (tertiary alicyclic amines) is 1. The third-order valence-electron chi connectivity index (χ3n) is 8.03. The van der Waals surface area contributed by atoms with Crippen molar-refractivity contribution in [1.82, 2.24) is 10.3 Å². The minimum Gasteiger partial charge on any atom is -0.506 e. The average molecular weight is 532 g/mol. The lowest BCUT2D eigenvalue weighted by Crippen LogP contribution is -2.48. The van der Waals surface area contributed by atoms with Crippen molar-refractivity contribution in [3.8, 4) is 5.75 Å². The average Bonchev–Trinajstić information content (AvgIpc) is 2.96. The number of fused-ring (bicyclic) bond motifs is 1. The summed E-state index contributed by atoms with van der Waals surface area (Å²) < 4.78 is 0. The third kappa shape index (κ3) is 5.86. The van der Waals surface area contributed by atoms with E-state index in [9.17, 15) is 14.7 Å². The number of piperidine rings is 1. The van der Waals surface area contributed by atoms with E-state index >= 15 is 0 Å². The fourth-order valence-electron chi connectivity index (χ4n) is 6.07. The first-order valence-corrected chi connectivity index (χ1v) is 14.0. The first-order chi connectivity index (χ1) is 18.5. The number of hydrogen-bond acceptors (Lipinski definition) is 4. The summed E-state index contributed by atoms with van der Waals surface area (Å²) in [4.78, 5) is 28.2. The number of phenols is 1. The molecule has 1 unspecified atom stereocenters. The van der Waals surface area contributed by atoms with Crippen LogP contribution in [0.1, 0.15) is 72.9 Å². The lowest BCUT2D eigenvalue weighted by molar-refractivity contribution is -0.135. The van der Waals surface area contributed by atoms with Gasteiger partial charge in [0, 0.05) is 23.7 Å². The van der Waals surface area contributed by atoms with E-state index in [1.165, 1.54) is 56.7 Å². The number of phenolic OH excluding ortho intramolecular Hbond substituents is 1. The summed E-state index contributed by atoms with van der Waals surface area (Å²) in [5.41, 5.74) is 4.67. The molecule has 0 bridgehead atoms. The molecule has 3 aromatic rings. The zero-order valence-electron chi connectivity index (χ0n) is 21.5. The molecule has 198 valence electrons. The molecule has 1 heterocycles. The minimum absolute atomic E-state index is 0.0819. The first kappa shape index (κ1) is 26.2. The maximum absolute atomic E-state index is 13.6. The van der Waals surface area contributed by atoms with Crippen molar-refractivity contribution in [2.24, 2.45) is 11.0 Å². The summed E-state index contributed by atoms with van der Waals surface area (Å²) in [6.07, 6.45) is 11.9. The number of benzene rings is 3. The molecule has 1 aliphatic heterocycles. The van der Waals surface area contributed by atoms with Crippen LogP contribution in [0.4, 0.5) is 0 Å². The topological polar surface area (TPSA) is 82.0 Å². The van der Waals surface area contributed by atoms with Crippen LogP contribution in [0, 0.1) is 5.92 Å². The molecule has 0 spiro atoms. The zero-order chi connectivity index (χ0) is 26.5. The first-order valence-electron chi connectivity index (χ1n) is 13.6. The Balaban J connectivity index is 1.31. The molecule has 2 aliphatic rings. The molecule has 1 saturated heterocycles. The number of carbonyl (C=O) groups excluding carboxylic acids is 2. The van der Waals surface area contributed by atoms with Gasteiger partial charge in [0.25, 0.3) is 5.91 Å². The molecule has 0 radical (unpaired) electrons. The van der Waals surface area contributed by atoms with E-state index < -0.39 is 5.91 Å². The monoisotopic (exact) mass is 531 g/mol. The van der Waals surface area contributed by atoms with Crippen LogP contribution in [0.3, 0.4) is 0 Å². The van der Waals surface area contributed by atoms with Gasteiger partial charge in [-0.1, -0.05) is 67.3 Å². The lowest BCUT2D eigenvalue weighted by atomic mass is 9.79. The molecule has 7 heteroatoms. The number of aromatic hydroxyl groups is 1. The second-order valence-electron chi connectivity index (χ2n) is 10.4. The number of amides is 2. The quantitative estimate of drug-likeness (QED) is 0.282. The Morgan fingerprint density at radius 3 is 2.53 bits per heavy atom. The van der Waals surface area contributed by atoms with Crippen LogP contribution in [0.5, 0.6) is 5.75 Å². The molecule has 2 N–H and O–H groups in total. The van der Waals surface area contributed by atoms with Crippen LogP contribution in [-0.4, -0.2) is 40.6 Å². The van der Waals surface area contributed by atoms with Crippen LogP contribution < -0.4 is 5.43 Å². The van der Waals surface area contributed by atoms with Crippen LogP contribution in [-0.2, 0) is 11.2 Å². The van der Waals surface area contributed by atoms with Gasteiger partial charge < -0.3 is 10.0 Å². The molecule has 1 atom stereocenters. The van der Waals surface area contributed by atoms with Gasteiger partial charge in [-0.25, -0.2) is 5.43 Å². The van der Waals surface area contributed by atoms with Crippen LogP contribution in [0.2, 0.25) is 5.02 Å². The smallest absolute Gasteiger partial charge is 0.271 e. The zero-order valence-corrected chi connectivity index (χ0v) is 22.3. The maximum atomic E-state index is 13.6. The van der Waals surface area contributed by atoms with Crippen molar-refractivity contribution >= 4 is 40.4 Å². The van der Waals surface area contributed by atoms with Crippen molar-refractivity contribution in [2.75, 3.05) is 6.54 Å². The molecule has 5 rings (SSSR count). The molecular weight excluding hydrogens is 498 g/mol. The van der Waals surface area contributed by atoms with E-state index in [4.69, 9.17) is 11.6 Å². The summed E-state index contributed by atoms with van der Waals surface area (Å²) in [7, 11) is 0. The summed E-state index contributed by atoms with van der Waals surface area (Å²) in [6, 6.07) is 16.6. The summed E-state index contributed by atoms with van der Waals surface area (Å²) in [6.45, 7) is 0.870. The SMILES string of the molecule is O=C(N/N=C/c1ccc(CC(=O)N2CCCCC2C2CCCCC2)c2ccccc12)c1ccc(O)c(Cl)c1. The van der Waals surface area contributed by atoms with E-state index in [2.05, 4.69) is 15.4 Å². The molecule has 0 aromatic heterocycles. The molecular formula is C31H34ClN3O3. The predicted molar refractivity (Wildman–Crippen MR) is 152 cm³/mol. The van der Waals surface area contributed by atoms with Crippen LogP contribution in [0.15, 0.2) is 59.7 Å². The highest BCUT2D eigenvalue weighted by Crippen LogP contribution is 2.34. The Hall–Kier alpha value is -3.38. The predicted octanol–water partition coefficient (Wildman–Crippen LogP) is 6.47. The number of nitrogens with one attached hydrogen (secondary N) is 1. The largest absolute Gasteiger partial charge is 0.506 e. The summed E-state index contributed by atoms with van der Waals surface area (Å²) >= 11 is 5.91. The van der Waals surface area contributed by atoms with Gasteiger partial charge >= 0.3 is 0 Å². The van der Waals surface area contributed by atoms with Crippen LogP contribution in [0.25, 0.3) is 10.8 Å². The third-order valence-corrected chi connectivity index (χ3v) is 8.34. The number of rotatable bonds is 6. The van der Waals surface area contributed by atoms with Gasteiger partial charge in [0.2, 0.25) is 5.91 Å². The molecule has 1 saturated carbocycles. The molecule has 6 nitrogen and oxygen atoms in total. The van der Waals surface area contributed by atoms with Gasteiger partial charge in [-0.15, -0.1) is 0 Å². The van der Waals surface area contributed by atoms with Gasteiger partial charge in [0.05, 0.1) is 17.7 Å². The Bertz CT molecular complexity index is 1350. The molecule has 2 fully saturated rings. The van der Waals surface area contributed by atoms with Crippen molar-refractivity contribution in [3.05, 3.63) is 76.3 Å². The second-order valence-corrected chi connectivity index (χ2v) is 10.9. The number of carbonyl (C=O) groups is 2. The number of halogens is 1. The molecule has 2 amide bonds. The van der Waals surface area contributed by atoms with E-state index in [-0.39, 0.29) is 16.7 Å². The number of hydrazone groups is 1. The summed E-state index contributed by atoms with van der Waals surface area (Å²) in [5, 5.41) is 15.8. The van der Waals surface area contributed by atoms with E-state index in [0.717, 1.165) is 41.3 Å². The molecule has 3 aromatic carbocycles.